The van der Waals surface area contributed by atoms with E-state index in [0.29, 0.717) is 73.0 Å². The average Bonchev–Trinajstić information content (AvgIpc) is 3.12. The molecule has 1 saturated carbocycles. The molecule has 6 rings (SSSR count). The van der Waals surface area contributed by atoms with E-state index in [4.69, 9.17) is 9.72 Å². The molecule has 2 atom stereocenters. The molecule has 0 radical (unpaired) electrons. The van der Waals surface area contributed by atoms with Gasteiger partial charge in [-0.3, -0.25) is 4.98 Å². The fraction of sp³-hybridized carbons (Fsp3) is 0.615. The van der Waals surface area contributed by atoms with E-state index in [9.17, 15) is 37.3 Å². The zero-order valence-electron chi connectivity index (χ0n) is 30.3. The molecular formula is C39H48F6N4O4. The molecule has 290 valence electrons. The first-order chi connectivity index (χ1) is 24.9. The molecule has 0 amide bonds. The largest absolute Gasteiger partial charge is 0.490 e. The van der Waals surface area contributed by atoms with Gasteiger partial charge in [0.1, 0.15) is 0 Å². The molecule has 53 heavy (non-hydrogen) atoms. The average molecular weight is 751 g/mol. The van der Waals surface area contributed by atoms with E-state index >= 15 is 4.39 Å². The molecule has 3 heterocycles. The summed E-state index contributed by atoms with van der Waals surface area (Å²) >= 11 is 0. The molecule has 2 fully saturated rings. The molecule has 3 aliphatic rings. The Balaban J connectivity index is 1.36. The Morgan fingerprint density at radius 2 is 1.53 bits per heavy atom. The number of aliphatic hydroxyl groups excluding tert-OH is 3. The van der Waals surface area contributed by atoms with Crippen LogP contribution in [0.15, 0.2) is 36.7 Å². The number of aromatic nitrogens is 3. The third-order valence-electron chi connectivity index (χ3n) is 11.2. The van der Waals surface area contributed by atoms with E-state index in [1.807, 2.05) is 18.7 Å². The van der Waals surface area contributed by atoms with Crippen molar-refractivity contribution in [3.8, 4) is 5.75 Å². The zero-order valence-corrected chi connectivity index (χ0v) is 30.3. The van der Waals surface area contributed by atoms with Crippen molar-refractivity contribution in [1.29, 1.82) is 0 Å². The molecule has 3 N–H and O–H groups in total. The third-order valence-corrected chi connectivity index (χ3v) is 11.2. The van der Waals surface area contributed by atoms with Crippen molar-refractivity contribution in [1.82, 2.24) is 15.0 Å². The zero-order chi connectivity index (χ0) is 38.3. The summed E-state index contributed by atoms with van der Waals surface area (Å²) in [5, 5.41) is 30.7. The fourth-order valence-electron chi connectivity index (χ4n) is 8.01. The van der Waals surface area contributed by atoms with Crippen LogP contribution >= 0.6 is 0 Å². The van der Waals surface area contributed by atoms with Crippen LogP contribution in [-0.4, -0.2) is 69.1 Å². The number of aliphatic hydroxyl groups is 3. The van der Waals surface area contributed by atoms with E-state index in [1.165, 1.54) is 12.4 Å². The predicted molar refractivity (Wildman–Crippen MR) is 186 cm³/mol. The van der Waals surface area contributed by atoms with Crippen LogP contribution in [0.2, 0.25) is 0 Å². The first kappa shape index (κ1) is 39.2. The maximum Gasteiger partial charge on any atom is 0.416 e. The van der Waals surface area contributed by atoms with Crippen LogP contribution in [0, 0.1) is 10.8 Å². The van der Waals surface area contributed by atoms with Crippen LogP contribution in [-0.2, 0) is 12.6 Å². The van der Waals surface area contributed by atoms with Crippen molar-refractivity contribution in [2.75, 3.05) is 37.8 Å². The summed E-state index contributed by atoms with van der Waals surface area (Å²) in [7, 11) is 0. The molecule has 14 heteroatoms. The molecule has 3 aromatic rings. The number of hydrogen-bond acceptors (Lipinski definition) is 8. The lowest BCUT2D eigenvalue weighted by Crippen LogP contribution is -2.36. The molecule has 1 aliphatic heterocycles. The second-order valence-electron chi connectivity index (χ2n) is 16.3. The Morgan fingerprint density at radius 1 is 0.925 bits per heavy atom. The Bertz CT molecular complexity index is 1720. The summed E-state index contributed by atoms with van der Waals surface area (Å²) in [6, 6.07) is 3.93. The van der Waals surface area contributed by atoms with Crippen LogP contribution in [0.3, 0.4) is 0 Å². The van der Waals surface area contributed by atoms with Gasteiger partial charge in [0.05, 0.1) is 49.6 Å². The van der Waals surface area contributed by atoms with Gasteiger partial charge in [-0.25, -0.2) is 23.1 Å². The number of rotatable bonds is 10. The number of halogens is 6. The molecule has 0 spiro atoms. The summed E-state index contributed by atoms with van der Waals surface area (Å²) in [6.07, 6.45) is -3.19. The smallest absolute Gasteiger partial charge is 0.416 e. The highest BCUT2D eigenvalue weighted by molar-refractivity contribution is 5.51. The quantitative estimate of drug-likeness (QED) is 0.179. The summed E-state index contributed by atoms with van der Waals surface area (Å²) in [5.41, 5.74) is 0.191. The van der Waals surface area contributed by atoms with Crippen molar-refractivity contribution in [2.24, 2.45) is 10.8 Å². The highest BCUT2D eigenvalue weighted by atomic mass is 19.4. The topological polar surface area (TPSA) is 112 Å². The van der Waals surface area contributed by atoms with Crippen molar-refractivity contribution in [3.63, 3.8) is 0 Å². The molecule has 2 unspecified atom stereocenters. The number of piperidine rings is 1. The molecule has 2 aliphatic carbocycles. The molecule has 0 bridgehead atoms. The molecule has 1 saturated heterocycles. The van der Waals surface area contributed by atoms with Gasteiger partial charge in [0.25, 0.3) is 0 Å². The predicted octanol–water partition coefficient (Wildman–Crippen LogP) is 8.00. The summed E-state index contributed by atoms with van der Waals surface area (Å²) in [4.78, 5) is 16.0. The van der Waals surface area contributed by atoms with E-state index in [0.717, 1.165) is 24.3 Å². The van der Waals surface area contributed by atoms with Gasteiger partial charge in [0, 0.05) is 54.1 Å². The van der Waals surface area contributed by atoms with Gasteiger partial charge in [-0.05, 0) is 73.1 Å². The first-order valence-corrected chi connectivity index (χ1v) is 18.3. The normalized spacial score (nSPS) is 21.7. The fourth-order valence-corrected chi connectivity index (χ4v) is 8.01. The minimum absolute atomic E-state index is 0.000421. The Morgan fingerprint density at radius 3 is 2.09 bits per heavy atom. The first-order valence-electron chi connectivity index (χ1n) is 18.3. The third kappa shape index (κ3) is 8.59. The minimum Gasteiger partial charge on any atom is -0.490 e. The SMILES string of the molecule is CC1(C)Cc2nc(C3CCN(c4ncc(OCC(C)(CO)CO)cn4)CC3)c(C(F)c3ccc(C(F)(F)F)cc3)c(C3CCC(F)(F)CC3)c2C(O)C1. The van der Waals surface area contributed by atoms with Crippen molar-refractivity contribution < 1.29 is 46.4 Å². The lowest BCUT2D eigenvalue weighted by Gasteiger charge is -2.41. The maximum atomic E-state index is 17.3. The highest BCUT2D eigenvalue weighted by Crippen LogP contribution is 2.52. The monoisotopic (exact) mass is 750 g/mol. The van der Waals surface area contributed by atoms with Gasteiger partial charge in [-0.15, -0.1) is 0 Å². The van der Waals surface area contributed by atoms with Crippen LogP contribution < -0.4 is 9.64 Å². The van der Waals surface area contributed by atoms with Crippen molar-refractivity contribution >= 4 is 5.95 Å². The number of anilines is 1. The van der Waals surface area contributed by atoms with Crippen LogP contribution in [0.1, 0.15) is 129 Å². The molecule has 2 aromatic heterocycles. The number of fused-ring (bicyclic) bond motifs is 1. The van der Waals surface area contributed by atoms with Gasteiger partial charge < -0.3 is 25.0 Å². The van der Waals surface area contributed by atoms with E-state index in [1.54, 1.807) is 6.92 Å². The highest BCUT2D eigenvalue weighted by Gasteiger charge is 2.44. The number of alkyl halides is 6. The lowest BCUT2D eigenvalue weighted by atomic mass is 9.68. The number of pyridine rings is 1. The van der Waals surface area contributed by atoms with Crippen LogP contribution in [0.5, 0.6) is 5.75 Å². The molecular weight excluding hydrogens is 702 g/mol. The Labute approximate surface area is 305 Å². The van der Waals surface area contributed by atoms with Crippen LogP contribution in [0.4, 0.5) is 32.3 Å². The van der Waals surface area contributed by atoms with E-state index in [2.05, 4.69) is 9.97 Å². The number of ether oxygens (including phenoxy) is 1. The maximum absolute atomic E-state index is 17.3. The van der Waals surface area contributed by atoms with Gasteiger partial charge in [0.2, 0.25) is 11.9 Å². The van der Waals surface area contributed by atoms with Crippen LogP contribution in [0.25, 0.3) is 0 Å². The number of nitrogens with zero attached hydrogens (tertiary/aromatic N) is 4. The Kier molecular flexibility index (Phi) is 11.1. The van der Waals surface area contributed by atoms with E-state index in [-0.39, 0.29) is 68.0 Å². The van der Waals surface area contributed by atoms with Gasteiger partial charge >= 0.3 is 6.18 Å². The van der Waals surface area contributed by atoms with Gasteiger partial charge in [0.15, 0.2) is 11.9 Å². The Hall–Kier alpha value is -3.49. The second kappa shape index (κ2) is 15.0. The summed E-state index contributed by atoms with van der Waals surface area (Å²) < 4.78 is 92.3. The molecule has 8 nitrogen and oxygen atoms in total. The van der Waals surface area contributed by atoms with Gasteiger partial charge in [-0.2, -0.15) is 13.2 Å². The number of hydrogen-bond donors (Lipinski definition) is 3. The molecule has 1 aromatic carbocycles. The minimum atomic E-state index is -4.61. The number of benzene rings is 1. The lowest BCUT2D eigenvalue weighted by molar-refractivity contribution is -0.137. The van der Waals surface area contributed by atoms with Crippen molar-refractivity contribution in [2.45, 2.75) is 108 Å². The van der Waals surface area contributed by atoms with E-state index < -0.39 is 41.3 Å². The van der Waals surface area contributed by atoms with Gasteiger partial charge in [-0.1, -0.05) is 32.9 Å². The summed E-state index contributed by atoms with van der Waals surface area (Å²) in [6.45, 7) is 6.21. The standard InChI is InChI=1S/C39H48F6N4O4/c1-36(2)16-28-31(29(52)17-36)30(23-8-12-38(41,42)13-9-23)32(33(40)24-4-6-26(7-5-24)39(43,44)45)34(48-28)25-10-14-49(15-11-25)35-46-18-27(19-47-35)53-22-37(3,20-50)21-51/h4-7,18-19,23,25,29,33,50-52H,8-17,20-22H2,1-3H3. The van der Waals surface area contributed by atoms with Crippen molar-refractivity contribution in [3.05, 3.63) is 75.9 Å². The second-order valence-corrected chi connectivity index (χ2v) is 16.3. The summed E-state index contributed by atoms with van der Waals surface area (Å²) in [5.74, 6) is -2.79.